The van der Waals surface area contributed by atoms with E-state index in [4.69, 9.17) is 5.11 Å². The van der Waals surface area contributed by atoms with Gasteiger partial charge >= 0.3 is 12.0 Å². The highest BCUT2D eigenvalue weighted by atomic mass is 16.4. The molecule has 1 aromatic heterocycles. The van der Waals surface area contributed by atoms with Crippen LogP contribution in [-0.4, -0.2) is 33.1 Å². The SMILES string of the molecule is CCC[C@H](NC(=O)NCc1cnc[nH]1)C(=O)O. The molecule has 0 fully saturated rings. The summed E-state index contributed by atoms with van der Waals surface area (Å²) in [6, 6.07) is -1.35. The average Bonchev–Trinajstić information content (AvgIpc) is 2.78. The minimum atomic E-state index is -1.02. The molecule has 0 radical (unpaired) electrons. The van der Waals surface area contributed by atoms with Gasteiger partial charge in [0.15, 0.2) is 0 Å². The van der Waals surface area contributed by atoms with Crippen molar-refractivity contribution >= 4 is 12.0 Å². The van der Waals surface area contributed by atoms with Gasteiger partial charge in [-0.15, -0.1) is 0 Å². The van der Waals surface area contributed by atoms with Crippen molar-refractivity contribution in [1.29, 1.82) is 0 Å². The maximum atomic E-state index is 11.4. The number of hydrogen-bond donors (Lipinski definition) is 4. The number of carbonyl (C=O) groups is 2. The maximum Gasteiger partial charge on any atom is 0.326 e. The Morgan fingerprint density at radius 1 is 1.59 bits per heavy atom. The molecular formula is C10H16N4O3. The first-order valence-corrected chi connectivity index (χ1v) is 5.38. The van der Waals surface area contributed by atoms with Gasteiger partial charge in [-0.1, -0.05) is 13.3 Å². The minimum Gasteiger partial charge on any atom is -0.480 e. The molecule has 4 N–H and O–H groups in total. The van der Waals surface area contributed by atoms with Crippen LogP contribution in [0.15, 0.2) is 12.5 Å². The third-order valence-corrected chi connectivity index (χ3v) is 2.18. The molecule has 0 aliphatic carbocycles. The van der Waals surface area contributed by atoms with Crippen LogP contribution in [0.5, 0.6) is 0 Å². The first-order chi connectivity index (χ1) is 8.13. The summed E-state index contributed by atoms with van der Waals surface area (Å²) in [4.78, 5) is 28.8. The van der Waals surface area contributed by atoms with Crippen LogP contribution in [-0.2, 0) is 11.3 Å². The van der Waals surface area contributed by atoms with Crippen molar-refractivity contribution in [2.45, 2.75) is 32.4 Å². The number of carbonyl (C=O) groups excluding carboxylic acids is 1. The molecule has 1 atom stereocenters. The number of nitrogens with one attached hydrogen (secondary N) is 3. The number of imidazole rings is 1. The Kier molecular flexibility index (Phi) is 4.99. The molecular weight excluding hydrogens is 224 g/mol. The van der Waals surface area contributed by atoms with Crippen LogP contribution < -0.4 is 10.6 Å². The number of aromatic amines is 1. The van der Waals surface area contributed by atoms with Gasteiger partial charge < -0.3 is 20.7 Å². The van der Waals surface area contributed by atoms with Gasteiger partial charge in [-0.05, 0) is 6.42 Å². The van der Waals surface area contributed by atoms with Crippen LogP contribution in [0.4, 0.5) is 4.79 Å². The van der Waals surface area contributed by atoms with Crippen molar-refractivity contribution < 1.29 is 14.7 Å². The van der Waals surface area contributed by atoms with Gasteiger partial charge in [0.05, 0.1) is 18.6 Å². The Labute approximate surface area is 98.6 Å². The van der Waals surface area contributed by atoms with E-state index < -0.39 is 18.0 Å². The van der Waals surface area contributed by atoms with E-state index in [1.54, 1.807) is 6.20 Å². The molecule has 2 amide bonds. The fraction of sp³-hybridized carbons (Fsp3) is 0.500. The molecule has 0 aliphatic rings. The van der Waals surface area contributed by atoms with Gasteiger partial charge in [0.2, 0.25) is 0 Å². The van der Waals surface area contributed by atoms with Crippen molar-refractivity contribution in [3.63, 3.8) is 0 Å². The van der Waals surface area contributed by atoms with Crippen molar-refractivity contribution in [2.75, 3.05) is 0 Å². The number of H-pyrrole nitrogens is 1. The van der Waals surface area contributed by atoms with Crippen LogP contribution in [0.3, 0.4) is 0 Å². The third kappa shape index (κ3) is 4.54. The van der Waals surface area contributed by atoms with E-state index in [2.05, 4.69) is 20.6 Å². The largest absolute Gasteiger partial charge is 0.480 e. The first-order valence-electron chi connectivity index (χ1n) is 5.38. The van der Waals surface area contributed by atoms with E-state index in [1.807, 2.05) is 6.92 Å². The number of aliphatic carboxylic acids is 1. The van der Waals surface area contributed by atoms with Crippen molar-refractivity contribution in [3.05, 3.63) is 18.2 Å². The lowest BCUT2D eigenvalue weighted by atomic mass is 10.2. The number of hydrogen-bond acceptors (Lipinski definition) is 3. The molecule has 17 heavy (non-hydrogen) atoms. The highest BCUT2D eigenvalue weighted by molar-refractivity contribution is 5.82. The fourth-order valence-electron chi connectivity index (χ4n) is 1.31. The zero-order valence-electron chi connectivity index (χ0n) is 9.56. The van der Waals surface area contributed by atoms with Gasteiger partial charge in [-0.3, -0.25) is 0 Å². The summed E-state index contributed by atoms with van der Waals surface area (Å²) >= 11 is 0. The van der Waals surface area contributed by atoms with E-state index in [9.17, 15) is 9.59 Å². The fourth-order valence-corrected chi connectivity index (χ4v) is 1.31. The minimum absolute atomic E-state index is 0.282. The Balaban J connectivity index is 2.34. The summed E-state index contributed by atoms with van der Waals surface area (Å²) < 4.78 is 0. The molecule has 0 aromatic carbocycles. The maximum absolute atomic E-state index is 11.4. The monoisotopic (exact) mass is 240 g/mol. The Morgan fingerprint density at radius 2 is 2.35 bits per heavy atom. The second-order valence-corrected chi connectivity index (χ2v) is 3.58. The predicted molar refractivity (Wildman–Crippen MR) is 60.3 cm³/mol. The Bertz CT molecular complexity index is 364. The number of urea groups is 1. The molecule has 1 aromatic rings. The normalized spacial score (nSPS) is 11.8. The van der Waals surface area contributed by atoms with E-state index in [0.717, 1.165) is 5.69 Å². The van der Waals surface area contributed by atoms with Crippen LogP contribution in [0.1, 0.15) is 25.5 Å². The lowest BCUT2D eigenvalue weighted by Gasteiger charge is -2.13. The zero-order chi connectivity index (χ0) is 12.7. The predicted octanol–water partition coefficient (Wildman–Crippen LogP) is 0.462. The van der Waals surface area contributed by atoms with E-state index in [1.165, 1.54) is 6.33 Å². The molecule has 7 nitrogen and oxygen atoms in total. The topological polar surface area (TPSA) is 107 Å². The standard InChI is InChI=1S/C10H16N4O3/c1-2-3-8(9(15)16)14-10(17)12-5-7-4-11-6-13-7/h4,6,8H,2-3,5H2,1H3,(H,11,13)(H,15,16)(H2,12,14,17)/t8-/m0/s1. The average molecular weight is 240 g/mol. The number of nitrogens with zero attached hydrogens (tertiary/aromatic N) is 1. The number of carboxylic acid groups (broad SMARTS) is 1. The van der Waals surface area contributed by atoms with Crippen LogP contribution in [0.25, 0.3) is 0 Å². The van der Waals surface area contributed by atoms with Crippen LogP contribution in [0.2, 0.25) is 0 Å². The Hall–Kier alpha value is -2.05. The molecule has 0 unspecified atom stereocenters. The van der Waals surface area contributed by atoms with Crippen molar-refractivity contribution in [2.24, 2.45) is 0 Å². The summed E-state index contributed by atoms with van der Waals surface area (Å²) in [5.41, 5.74) is 0.752. The van der Waals surface area contributed by atoms with Crippen LogP contribution >= 0.6 is 0 Å². The van der Waals surface area contributed by atoms with Gasteiger partial charge in [0, 0.05) is 6.20 Å². The Morgan fingerprint density at radius 3 is 2.88 bits per heavy atom. The molecule has 0 aliphatic heterocycles. The zero-order valence-corrected chi connectivity index (χ0v) is 9.56. The van der Waals surface area contributed by atoms with E-state index >= 15 is 0 Å². The number of rotatable bonds is 6. The van der Waals surface area contributed by atoms with E-state index in [0.29, 0.717) is 12.8 Å². The number of amides is 2. The highest BCUT2D eigenvalue weighted by Crippen LogP contribution is 1.97. The molecule has 0 bridgehead atoms. The molecule has 0 saturated heterocycles. The summed E-state index contributed by atoms with van der Waals surface area (Å²) in [5, 5.41) is 13.8. The summed E-state index contributed by atoms with van der Waals surface area (Å²) in [5.74, 6) is -1.02. The molecule has 1 rings (SSSR count). The van der Waals surface area contributed by atoms with Gasteiger partial charge in [0.1, 0.15) is 6.04 Å². The summed E-state index contributed by atoms with van der Waals surface area (Å²) in [6.07, 6.45) is 4.19. The van der Waals surface area contributed by atoms with Gasteiger partial charge in [0.25, 0.3) is 0 Å². The molecule has 0 saturated carbocycles. The van der Waals surface area contributed by atoms with Gasteiger partial charge in [-0.25, -0.2) is 14.6 Å². The summed E-state index contributed by atoms with van der Waals surface area (Å²) in [7, 11) is 0. The molecule has 1 heterocycles. The molecule has 0 spiro atoms. The van der Waals surface area contributed by atoms with E-state index in [-0.39, 0.29) is 6.54 Å². The summed E-state index contributed by atoms with van der Waals surface area (Å²) in [6.45, 7) is 2.14. The third-order valence-electron chi connectivity index (χ3n) is 2.18. The highest BCUT2D eigenvalue weighted by Gasteiger charge is 2.18. The van der Waals surface area contributed by atoms with Crippen LogP contribution in [0, 0.1) is 0 Å². The second kappa shape index (κ2) is 6.51. The lowest BCUT2D eigenvalue weighted by Crippen LogP contribution is -2.45. The quantitative estimate of drug-likeness (QED) is 0.579. The number of carboxylic acids is 1. The first kappa shape index (κ1) is 13.0. The number of aromatic nitrogens is 2. The smallest absolute Gasteiger partial charge is 0.326 e. The molecule has 94 valence electrons. The second-order valence-electron chi connectivity index (χ2n) is 3.58. The van der Waals surface area contributed by atoms with Gasteiger partial charge in [-0.2, -0.15) is 0 Å². The lowest BCUT2D eigenvalue weighted by molar-refractivity contribution is -0.139. The van der Waals surface area contributed by atoms with Crippen molar-refractivity contribution in [3.8, 4) is 0 Å². The van der Waals surface area contributed by atoms with Crippen molar-refractivity contribution in [1.82, 2.24) is 20.6 Å². The molecule has 7 heteroatoms.